The summed E-state index contributed by atoms with van der Waals surface area (Å²) in [5.74, 6) is -0.635. The van der Waals surface area contributed by atoms with E-state index in [4.69, 9.17) is 4.74 Å². The van der Waals surface area contributed by atoms with Crippen molar-refractivity contribution < 1.29 is 17.9 Å². The molecule has 30 heavy (non-hydrogen) atoms. The van der Waals surface area contributed by atoms with E-state index in [1.165, 1.54) is 26.9 Å². The van der Waals surface area contributed by atoms with Crippen LogP contribution in [0.2, 0.25) is 0 Å². The Morgan fingerprint density at radius 2 is 1.87 bits per heavy atom. The van der Waals surface area contributed by atoms with Crippen LogP contribution in [0.15, 0.2) is 70.5 Å². The van der Waals surface area contributed by atoms with Gasteiger partial charge in [-0.25, -0.2) is 13.4 Å². The van der Waals surface area contributed by atoms with E-state index in [2.05, 4.69) is 4.98 Å². The topological polar surface area (TPSA) is 98.1 Å². The summed E-state index contributed by atoms with van der Waals surface area (Å²) < 4.78 is 34.0. The summed E-state index contributed by atoms with van der Waals surface area (Å²) in [4.78, 5) is 29.4. The first kappa shape index (κ1) is 20.2. The second-order valence-electron chi connectivity index (χ2n) is 7.06. The van der Waals surface area contributed by atoms with Crippen molar-refractivity contribution in [3.63, 3.8) is 0 Å². The zero-order valence-electron chi connectivity index (χ0n) is 16.2. The number of piperidine rings is 1. The standard InChI is InChI=1S/C21H21N3O5S/c25-20-14-16(22-19-11-5-6-12-23(19)20)15-29-21(26)18-10-4-7-13-24(18)30(27,28)17-8-2-1-3-9-17/h1-3,5-6,8-9,11-12,14,18H,4,7,10,13,15H2. The number of ether oxygens (including phenoxy) is 1. The second-order valence-corrected chi connectivity index (χ2v) is 8.95. The average molecular weight is 427 g/mol. The molecule has 1 atom stereocenters. The molecule has 0 bridgehead atoms. The van der Waals surface area contributed by atoms with Crippen LogP contribution in [-0.4, -0.2) is 40.7 Å². The summed E-state index contributed by atoms with van der Waals surface area (Å²) in [7, 11) is -3.81. The summed E-state index contributed by atoms with van der Waals surface area (Å²) in [5.41, 5.74) is 0.479. The Hall–Kier alpha value is -3.04. The van der Waals surface area contributed by atoms with Crippen LogP contribution >= 0.6 is 0 Å². The van der Waals surface area contributed by atoms with Crippen LogP contribution in [0.4, 0.5) is 0 Å². The highest BCUT2D eigenvalue weighted by molar-refractivity contribution is 7.89. The van der Waals surface area contributed by atoms with Crippen LogP contribution in [0.5, 0.6) is 0 Å². The number of fused-ring (bicyclic) bond motifs is 1. The van der Waals surface area contributed by atoms with Crippen molar-refractivity contribution in [3.05, 3.63) is 76.8 Å². The maximum Gasteiger partial charge on any atom is 0.324 e. The molecule has 1 fully saturated rings. The Labute approximate surface area is 173 Å². The van der Waals surface area contributed by atoms with Crippen LogP contribution in [0.25, 0.3) is 5.65 Å². The predicted octanol–water partition coefficient (Wildman–Crippen LogP) is 1.98. The molecule has 3 heterocycles. The maximum atomic E-state index is 13.0. The van der Waals surface area contributed by atoms with Crippen LogP contribution in [0.1, 0.15) is 25.0 Å². The monoisotopic (exact) mass is 427 g/mol. The zero-order valence-corrected chi connectivity index (χ0v) is 17.0. The largest absolute Gasteiger partial charge is 0.458 e. The Balaban J connectivity index is 1.52. The minimum Gasteiger partial charge on any atom is -0.458 e. The molecule has 0 aliphatic carbocycles. The summed E-state index contributed by atoms with van der Waals surface area (Å²) >= 11 is 0. The predicted molar refractivity (Wildman–Crippen MR) is 109 cm³/mol. The lowest BCUT2D eigenvalue weighted by atomic mass is 10.1. The molecular formula is C21H21N3O5S. The van der Waals surface area contributed by atoms with Gasteiger partial charge < -0.3 is 4.74 Å². The fourth-order valence-electron chi connectivity index (χ4n) is 3.57. The molecule has 0 N–H and O–H groups in total. The third kappa shape index (κ3) is 3.99. The highest BCUT2D eigenvalue weighted by atomic mass is 32.2. The number of benzene rings is 1. The van der Waals surface area contributed by atoms with Crippen molar-refractivity contribution in [1.29, 1.82) is 0 Å². The maximum absolute atomic E-state index is 13.0. The fraction of sp³-hybridized carbons (Fsp3) is 0.286. The normalized spacial score (nSPS) is 17.7. The summed E-state index contributed by atoms with van der Waals surface area (Å²) in [6.45, 7) is 0.0573. The molecular weight excluding hydrogens is 406 g/mol. The lowest BCUT2D eigenvalue weighted by Crippen LogP contribution is -2.48. The van der Waals surface area contributed by atoms with E-state index in [1.807, 2.05) is 0 Å². The molecule has 4 rings (SSSR count). The van der Waals surface area contributed by atoms with E-state index in [1.54, 1.807) is 42.6 Å². The van der Waals surface area contributed by atoms with Crippen molar-refractivity contribution >= 4 is 21.6 Å². The van der Waals surface area contributed by atoms with Crippen LogP contribution < -0.4 is 5.56 Å². The molecule has 3 aromatic rings. The van der Waals surface area contributed by atoms with Crippen molar-refractivity contribution in [2.45, 2.75) is 36.8 Å². The molecule has 9 heteroatoms. The molecule has 1 aromatic carbocycles. The van der Waals surface area contributed by atoms with Gasteiger partial charge in [0, 0.05) is 18.8 Å². The Morgan fingerprint density at radius 1 is 1.10 bits per heavy atom. The molecule has 1 aliphatic rings. The van der Waals surface area contributed by atoms with Crippen molar-refractivity contribution in [3.8, 4) is 0 Å². The highest BCUT2D eigenvalue weighted by Gasteiger charge is 2.38. The lowest BCUT2D eigenvalue weighted by molar-refractivity contribution is -0.150. The van der Waals surface area contributed by atoms with Gasteiger partial charge in [0.2, 0.25) is 10.0 Å². The molecule has 0 spiro atoms. The van der Waals surface area contributed by atoms with E-state index in [0.717, 1.165) is 6.42 Å². The SMILES string of the molecule is O=C(OCc1cc(=O)n2ccccc2n1)C1CCCCN1S(=O)(=O)c1ccccc1. The van der Waals surface area contributed by atoms with Crippen molar-refractivity contribution in [1.82, 2.24) is 13.7 Å². The van der Waals surface area contributed by atoms with Gasteiger partial charge >= 0.3 is 5.97 Å². The minimum atomic E-state index is -3.81. The van der Waals surface area contributed by atoms with E-state index in [0.29, 0.717) is 24.2 Å². The molecule has 1 unspecified atom stereocenters. The number of nitrogens with zero attached hydrogens (tertiary/aromatic N) is 3. The molecule has 1 saturated heterocycles. The summed E-state index contributed by atoms with van der Waals surface area (Å²) in [5, 5.41) is 0. The van der Waals surface area contributed by atoms with E-state index < -0.39 is 22.0 Å². The van der Waals surface area contributed by atoms with Gasteiger partial charge in [0.25, 0.3) is 5.56 Å². The number of esters is 1. The number of carbonyl (C=O) groups excluding carboxylic acids is 1. The Kier molecular flexibility index (Phi) is 5.65. The van der Waals surface area contributed by atoms with E-state index >= 15 is 0 Å². The average Bonchev–Trinajstić information content (AvgIpc) is 2.78. The van der Waals surface area contributed by atoms with Gasteiger partial charge in [0.05, 0.1) is 10.6 Å². The molecule has 0 radical (unpaired) electrons. The van der Waals surface area contributed by atoms with Crippen LogP contribution in [0.3, 0.4) is 0 Å². The molecule has 156 valence electrons. The minimum absolute atomic E-state index is 0.147. The Bertz CT molecular complexity index is 1220. The molecule has 0 amide bonds. The summed E-state index contributed by atoms with van der Waals surface area (Å²) in [6.07, 6.45) is 3.41. The van der Waals surface area contributed by atoms with E-state index in [9.17, 15) is 18.0 Å². The van der Waals surface area contributed by atoms with Gasteiger partial charge in [-0.1, -0.05) is 24.3 Å². The highest BCUT2D eigenvalue weighted by Crippen LogP contribution is 2.26. The third-order valence-electron chi connectivity index (χ3n) is 5.06. The molecule has 1 aliphatic heterocycles. The molecule has 8 nitrogen and oxygen atoms in total. The Morgan fingerprint density at radius 3 is 2.67 bits per heavy atom. The van der Waals surface area contributed by atoms with Gasteiger partial charge in [0.15, 0.2) is 0 Å². The zero-order chi connectivity index (χ0) is 21.1. The van der Waals surface area contributed by atoms with Crippen LogP contribution in [0, 0.1) is 0 Å². The number of hydrogen-bond donors (Lipinski definition) is 0. The van der Waals surface area contributed by atoms with Gasteiger partial charge in [0.1, 0.15) is 18.3 Å². The van der Waals surface area contributed by atoms with Crippen LogP contribution in [-0.2, 0) is 26.2 Å². The quantitative estimate of drug-likeness (QED) is 0.578. The smallest absolute Gasteiger partial charge is 0.324 e. The molecule has 2 aromatic heterocycles. The lowest BCUT2D eigenvalue weighted by Gasteiger charge is -2.33. The number of sulfonamides is 1. The number of pyridine rings is 1. The third-order valence-corrected chi connectivity index (χ3v) is 6.98. The van der Waals surface area contributed by atoms with Gasteiger partial charge in [-0.2, -0.15) is 4.31 Å². The van der Waals surface area contributed by atoms with Crippen molar-refractivity contribution in [2.24, 2.45) is 0 Å². The second kappa shape index (κ2) is 8.37. The van der Waals surface area contributed by atoms with Gasteiger partial charge in [-0.05, 0) is 43.5 Å². The van der Waals surface area contributed by atoms with Crippen molar-refractivity contribution in [2.75, 3.05) is 6.54 Å². The van der Waals surface area contributed by atoms with E-state index in [-0.39, 0.29) is 23.6 Å². The fourth-order valence-corrected chi connectivity index (χ4v) is 5.24. The first-order valence-corrected chi connectivity index (χ1v) is 11.1. The number of carbonyl (C=O) groups is 1. The van der Waals surface area contributed by atoms with Gasteiger partial charge in [-0.3, -0.25) is 14.0 Å². The molecule has 0 saturated carbocycles. The number of hydrogen-bond acceptors (Lipinski definition) is 6. The van der Waals surface area contributed by atoms with Gasteiger partial charge in [-0.15, -0.1) is 0 Å². The first-order chi connectivity index (χ1) is 14.5. The first-order valence-electron chi connectivity index (χ1n) is 9.68. The number of rotatable bonds is 5. The number of aromatic nitrogens is 2. The summed E-state index contributed by atoms with van der Waals surface area (Å²) in [6, 6.07) is 13.6.